The largest absolute Gasteiger partial charge is 0.355 e. The molecule has 4 rings (SSSR count). The first-order valence-electron chi connectivity index (χ1n) is 10.4. The molecule has 1 spiro atoms. The molecule has 2 saturated heterocycles. The molecule has 2 aromatic rings. The monoisotopic (exact) mass is 415 g/mol. The molecule has 0 aromatic carbocycles. The van der Waals surface area contributed by atoms with E-state index in [2.05, 4.69) is 25.1 Å². The van der Waals surface area contributed by atoms with Crippen LogP contribution in [-0.4, -0.2) is 70.9 Å². The molecule has 29 heavy (non-hydrogen) atoms. The lowest BCUT2D eigenvalue weighted by molar-refractivity contribution is -0.139. The third kappa shape index (κ3) is 3.95. The highest BCUT2D eigenvalue weighted by atomic mass is 32.1. The maximum absolute atomic E-state index is 13.0. The predicted octanol–water partition coefficient (Wildman–Crippen LogP) is 2.91. The summed E-state index contributed by atoms with van der Waals surface area (Å²) >= 11 is 1.69. The van der Waals surface area contributed by atoms with Gasteiger partial charge in [0.05, 0.1) is 10.2 Å². The molecule has 0 aliphatic carbocycles. The first-order chi connectivity index (χ1) is 14.0. The Kier molecular flexibility index (Phi) is 5.72. The van der Waals surface area contributed by atoms with Crippen LogP contribution in [0.4, 0.5) is 5.82 Å². The van der Waals surface area contributed by atoms with Crippen LogP contribution in [0.3, 0.4) is 0 Å². The molecule has 0 bridgehead atoms. The number of hydrogen-bond acceptors (Lipinski definition) is 6. The Morgan fingerprint density at radius 2 is 1.90 bits per heavy atom. The molecule has 0 radical (unpaired) electrons. The van der Waals surface area contributed by atoms with Crippen molar-refractivity contribution in [2.45, 2.75) is 50.5 Å². The lowest BCUT2D eigenvalue weighted by atomic mass is 9.87. The summed E-state index contributed by atoms with van der Waals surface area (Å²) in [4.78, 5) is 39.8. The number of thiophene rings is 1. The highest BCUT2D eigenvalue weighted by Crippen LogP contribution is 2.40. The van der Waals surface area contributed by atoms with Crippen LogP contribution in [0.25, 0.3) is 10.2 Å². The number of carbonyl (C=O) groups excluding carboxylic acids is 2. The number of likely N-dealkylation sites (tertiary alicyclic amines) is 1. The number of carbonyl (C=O) groups is 2. The fraction of sp³-hybridized carbons (Fsp3) is 0.619. The number of anilines is 1. The SMILES string of the molecule is CN(C)C(=O)CCC(=O)N1CCC[C@@]12CCCN(c1ncnc3ccsc13)CC2. The summed E-state index contributed by atoms with van der Waals surface area (Å²) in [5, 5.41) is 2.06. The van der Waals surface area contributed by atoms with Crippen LogP contribution in [0, 0.1) is 0 Å². The lowest BCUT2D eigenvalue weighted by Gasteiger charge is -2.38. The van der Waals surface area contributed by atoms with Crippen LogP contribution in [0.15, 0.2) is 17.8 Å². The van der Waals surface area contributed by atoms with Crippen molar-refractivity contribution >= 4 is 39.2 Å². The van der Waals surface area contributed by atoms with Gasteiger partial charge in [0, 0.05) is 52.1 Å². The Bertz CT molecular complexity index is 898. The number of aromatic nitrogens is 2. The van der Waals surface area contributed by atoms with E-state index >= 15 is 0 Å². The Balaban J connectivity index is 1.47. The van der Waals surface area contributed by atoms with Gasteiger partial charge in [-0.2, -0.15) is 0 Å². The van der Waals surface area contributed by atoms with Gasteiger partial charge in [0.15, 0.2) is 0 Å². The number of fused-ring (bicyclic) bond motifs is 1. The lowest BCUT2D eigenvalue weighted by Crippen LogP contribution is -2.48. The number of rotatable bonds is 4. The second kappa shape index (κ2) is 8.26. The van der Waals surface area contributed by atoms with E-state index in [1.54, 1.807) is 36.7 Å². The van der Waals surface area contributed by atoms with E-state index < -0.39 is 0 Å². The molecule has 2 aromatic heterocycles. The molecule has 156 valence electrons. The Hall–Kier alpha value is -2.22. The van der Waals surface area contributed by atoms with Crippen LogP contribution in [0.5, 0.6) is 0 Å². The second-order valence-corrected chi connectivity index (χ2v) is 9.25. The van der Waals surface area contributed by atoms with Gasteiger partial charge in [0.1, 0.15) is 12.1 Å². The van der Waals surface area contributed by atoms with E-state index in [4.69, 9.17) is 0 Å². The van der Waals surface area contributed by atoms with Gasteiger partial charge in [-0.05, 0) is 43.6 Å². The zero-order chi connectivity index (χ0) is 20.4. The standard InChI is InChI=1S/C21H29N5O2S/c1-24(2)17(27)5-6-18(28)26-12-4-9-21(26)8-3-11-25(13-10-21)20-19-16(7-14-29-19)22-15-23-20/h7,14-15H,3-6,8-13H2,1-2H3/t21-/m1/s1. The van der Waals surface area contributed by atoms with Crippen LogP contribution in [0.1, 0.15) is 44.9 Å². The molecule has 2 fully saturated rings. The highest BCUT2D eigenvalue weighted by Gasteiger charge is 2.44. The number of nitrogens with zero attached hydrogens (tertiary/aromatic N) is 5. The first kappa shape index (κ1) is 20.1. The summed E-state index contributed by atoms with van der Waals surface area (Å²) in [5.41, 5.74) is 0.941. The van der Waals surface area contributed by atoms with Crippen molar-refractivity contribution in [1.29, 1.82) is 0 Å². The molecular weight excluding hydrogens is 386 g/mol. The highest BCUT2D eigenvalue weighted by molar-refractivity contribution is 7.17. The maximum atomic E-state index is 13.0. The van der Waals surface area contributed by atoms with Gasteiger partial charge >= 0.3 is 0 Å². The van der Waals surface area contributed by atoms with Crippen molar-refractivity contribution in [3.63, 3.8) is 0 Å². The summed E-state index contributed by atoms with van der Waals surface area (Å²) in [7, 11) is 3.48. The minimum Gasteiger partial charge on any atom is -0.355 e. The number of amides is 2. The zero-order valence-corrected chi connectivity index (χ0v) is 18.1. The van der Waals surface area contributed by atoms with E-state index in [9.17, 15) is 9.59 Å². The first-order valence-corrected chi connectivity index (χ1v) is 11.3. The molecular formula is C21H29N5O2S. The van der Waals surface area contributed by atoms with E-state index in [0.29, 0.717) is 12.8 Å². The molecule has 1 atom stereocenters. The van der Waals surface area contributed by atoms with Gasteiger partial charge in [-0.3, -0.25) is 9.59 Å². The van der Waals surface area contributed by atoms with Crippen LogP contribution < -0.4 is 4.90 Å². The molecule has 4 heterocycles. The minimum atomic E-state index is -0.0609. The maximum Gasteiger partial charge on any atom is 0.223 e. The third-order valence-corrected chi connectivity index (χ3v) is 7.29. The second-order valence-electron chi connectivity index (χ2n) is 8.33. The van der Waals surface area contributed by atoms with Crippen molar-refractivity contribution in [3.8, 4) is 0 Å². The van der Waals surface area contributed by atoms with Crippen molar-refractivity contribution in [2.75, 3.05) is 38.6 Å². The van der Waals surface area contributed by atoms with Gasteiger partial charge in [-0.1, -0.05) is 0 Å². The van der Waals surface area contributed by atoms with E-state index in [1.165, 1.54) is 0 Å². The van der Waals surface area contributed by atoms with Gasteiger partial charge in [0.25, 0.3) is 0 Å². The van der Waals surface area contributed by atoms with E-state index in [0.717, 1.165) is 67.8 Å². The minimum absolute atomic E-state index is 0.0161. The Labute approximate surface area is 175 Å². The molecule has 2 aliphatic rings. The zero-order valence-electron chi connectivity index (χ0n) is 17.3. The summed E-state index contributed by atoms with van der Waals surface area (Å²) in [6, 6.07) is 2.04. The van der Waals surface area contributed by atoms with Crippen molar-refractivity contribution in [1.82, 2.24) is 19.8 Å². The van der Waals surface area contributed by atoms with Crippen molar-refractivity contribution < 1.29 is 9.59 Å². The summed E-state index contributed by atoms with van der Waals surface area (Å²) in [6.45, 7) is 2.66. The molecule has 7 nitrogen and oxygen atoms in total. The fourth-order valence-corrected chi connectivity index (χ4v) is 5.67. The van der Waals surface area contributed by atoms with E-state index in [1.807, 2.05) is 6.07 Å². The van der Waals surface area contributed by atoms with Crippen molar-refractivity contribution in [3.05, 3.63) is 17.8 Å². The summed E-state index contributed by atoms with van der Waals surface area (Å²) < 4.78 is 1.14. The average molecular weight is 416 g/mol. The predicted molar refractivity (Wildman–Crippen MR) is 115 cm³/mol. The van der Waals surface area contributed by atoms with E-state index in [-0.39, 0.29) is 17.4 Å². The van der Waals surface area contributed by atoms with Crippen LogP contribution in [0.2, 0.25) is 0 Å². The van der Waals surface area contributed by atoms with Gasteiger partial charge < -0.3 is 14.7 Å². The smallest absolute Gasteiger partial charge is 0.223 e. The summed E-state index contributed by atoms with van der Waals surface area (Å²) in [5.74, 6) is 1.17. The fourth-order valence-electron chi connectivity index (χ4n) is 4.81. The van der Waals surface area contributed by atoms with Gasteiger partial charge in [-0.15, -0.1) is 11.3 Å². The molecule has 8 heteroatoms. The normalized spacial score (nSPS) is 22.3. The van der Waals surface area contributed by atoms with Crippen LogP contribution >= 0.6 is 11.3 Å². The molecule has 0 saturated carbocycles. The number of hydrogen-bond donors (Lipinski definition) is 0. The average Bonchev–Trinajstić information content (AvgIpc) is 3.29. The molecule has 0 unspecified atom stereocenters. The Morgan fingerprint density at radius 3 is 2.69 bits per heavy atom. The third-order valence-electron chi connectivity index (χ3n) is 6.39. The molecule has 2 aliphatic heterocycles. The molecule has 0 N–H and O–H groups in total. The van der Waals surface area contributed by atoms with Crippen LogP contribution in [-0.2, 0) is 9.59 Å². The summed E-state index contributed by atoms with van der Waals surface area (Å²) in [6.07, 6.45) is 7.39. The Morgan fingerprint density at radius 1 is 1.10 bits per heavy atom. The van der Waals surface area contributed by atoms with Gasteiger partial charge in [0.2, 0.25) is 11.8 Å². The molecule has 2 amide bonds. The quantitative estimate of drug-likeness (QED) is 0.768. The van der Waals surface area contributed by atoms with Crippen molar-refractivity contribution in [2.24, 2.45) is 0 Å². The topological polar surface area (TPSA) is 69.6 Å². The van der Waals surface area contributed by atoms with Gasteiger partial charge in [-0.25, -0.2) is 9.97 Å².